The molecule has 1 saturated heterocycles. The van der Waals surface area contributed by atoms with Crippen LogP contribution in [0.2, 0.25) is 0 Å². The molecule has 2 heteroatoms. The molecule has 0 aromatic rings. The molecule has 0 saturated carbocycles. The highest BCUT2D eigenvalue weighted by atomic mass is 32.2. The average molecular weight is 185 g/mol. The molecule has 1 rings (SSSR count). The number of rotatable bonds is 5. The van der Waals surface area contributed by atoms with Crippen molar-refractivity contribution < 1.29 is 0 Å². The number of hydrogen-bond acceptors (Lipinski definition) is 2. The van der Waals surface area contributed by atoms with Crippen LogP contribution in [0.15, 0.2) is 12.7 Å². The van der Waals surface area contributed by atoms with Gasteiger partial charge in [0.2, 0.25) is 0 Å². The fraction of sp³-hybridized carbons (Fsp3) is 0.800. The van der Waals surface area contributed by atoms with Crippen LogP contribution in [0.4, 0.5) is 0 Å². The molecule has 1 fully saturated rings. The number of nitrogens with one attached hydrogen (secondary N) is 1. The van der Waals surface area contributed by atoms with Gasteiger partial charge in [-0.3, -0.25) is 0 Å². The third-order valence-corrected chi connectivity index (χ3v) is 3.82. The molecule has 0 radical (unpaired) electrons. The minimum absolute atomic E-state index is 0.667. The quantitative estimate of drug-likeness (QED) is 0.660. The monoisotopic (exact) mass is 185 g/mol. The van der Waals surface area contributed by atoms with E-state index >= 15 is 0 Å². The van der Waals surface area contributed by atoms with E-state index in [0.29, 0.717) is 6.04 Å². The summed E-state index contributed by atoms with van der Waals surface area (Å²) in [6.45, 7) is 7.06. The van der Waals surface area contributed by atoms with E-state index in [1.807, 2.05) is 6.08 Å². The molecule has 0 amide bonds. The van der Waals surface area contributed by atoms with E-state index in [1.54, 1.807) is 0 Å². The molecule has 0 aliphatic carbocycles. The standard InChI is InChI=1S/C10H19NS/c1-3-6-9(11-4-2)10-7-5-8-12-10/h3,9-11H,1,4-8H2,2H3. The lowest BCUT2D eigenvalue weighted by Gasteiger charge is -2.22. The van der Waals surface area contributed by atoms with Gasteiger partial charge < -0.3 is 5.32 Å². The molecule has 0 bridgehead atoms. The van der Waals surface area contributed by atoms with Crippen molar-refractivity contribution in [1.29, 1.82) is 0 Å². The first-order valence-electron chi connectivity index (χ1n) is 4.84. The van der Waals surface area contributed by atoms with Gasteiger partial charge in [0.15, 0.2) is 0 Å². The van der Waals surface area contributed by atoms with Crippen molar-refractivity contribution in [2.75, 3.05) is 12.3 Å². The Morgan fingerprint density at radius 3 is 3.08 bits per heavy atom. The molecule has 1 aliphatic rings. The lowest BCUT2D eigenvalue weighted by atomic mass is 10.1. The fourth-order valence-electron chi connectivity index (χ4n) is 1.73. The third kappa shape index (κ3) is 2.83. The van der Waals surface area contributed by atoms with Crippen LogP contribution in [0.1, 0.15) is 26.2 Å². The Hall–Kier alpha value is 0.0500. The van der Waals surface area contributed by atoms with Crippen molar-refractivity contribution >= 4 is 11.8 Å². The zero-order chi connectivity index (χ0) is 8.81. The van der Waals surface area contributed by atoms with Crippen LogP contribution in [-0.4, -0.2) is 23.6 Å². The van der Waals surface area contributed by atoms with Gasteiger partial charge in [0.25, 0.3) is 0 Å². The molecule has 70 valence electrons. The van der Waals surface area contributed by atoms with E-state index in [0.717, 1.165) is 18.2 Å². The molecule has 2 atom stereocenters. The number of thioether (sulfide) groups is 1. The maximum Gasteiger partial charge on any atom is 0.0220 e. The molecule has 1 heterocycles. The lowest BCUT2D eigenvalue weighted by molar-refractivity contribution is 0.502. The van der Waals surface area contributed by atoms with E-state index in [2.05, 4.69) is 30.6 Å². The molecule has 0 aromatic heterocycles. The van der Waals surface area contributed by atoms with Gasteiger partial charge in [0.05, 0.1) is 0 Å². The van der Waals surface area contributed by atoms with Gasteiger partial charge >= 0.3 is 0 Å². The van der Waals surface area contributed by atoms with Gasteiger partial charge in [-0.1, -0.05) is 13.0 Å². The maximum absolute atomic E-state index is 3.80. The molecule has 2 unspecified atom stereocenters. The van der Waals surface area contributed by atoms with Gasteiger partial charge in [-0.25, -0.2) is 0 Å². The van der Waals surface area contributed by atoms with E-state index in [4.69, 9.17) is 0 Å². The van der Waals surface area contributed by atoms with E-state index in [1.165, 1.54) is 18.6 Å². The maximum atomic E-state index is 3.80. The summed E-state index contributed by atoms with van der Waals surface area (Å²) < 4.78 is 0. The molecule has 12 heavy (non-hydrogen) atoms. The van der Waals surface area contributed by atoms with Gasteiger partial charge in [0.1, 0.15) is 0 Å². The van der Waals surface area contributed by atoms with Crippen LogP contribution >= 0.6 is 11.8 Å². The van der Waals surface area contributed by atoms with Crippen molar-refractivity contribution in [2.45, 2.75) is 37.5 Å². The average Bonchev–Trinajstić information content (AvgIpc) is 2.56. The zero-order valence-corrected chi connectivity index (χ0v) is 8.70. The Balaban J connectivity index is 2.33. The van der Waals surface area contributed by atoms with E-state index in [9.17, 15) is 0 Å². The van der Waals surface area contributed by atoms with Crippen LogP contribution in [0.25, 0.3) is 0 Å². The summed E-state index contributed by atoms with van der Waals surface area (Å²) >= 11 is 2.12. The van der Waals surface area contributed by atoms with Gasteiger partial charge in [-0.05, 0) is 31.6 Å². The Morgan fingerprint density at radius 2 is 2.58 bits per heavy atom. The molecule has 1 aliphatic heterocycles. The van der Waals surface area contributed by atoms with E-state index < -0.39 is 0 Å². The Morgan fingerprint density at radius 1 is 1.75 bits per heavy atom. The minimum atomic E-state index is 0.667. The molecule has 1 nitrogen and oxygen atoms in total. The minimum Gasteiger partial charge on any atom is -0.313 e. The summed E-state index contributed by atoms with van der Waals surface area (Å²) in [5.74, 6) is 1.35. The Labute approximate surface area is 80.0 Å². The summed E-state index contributed by atoms with van der Waals surface area (Å²) in [5.41, 5.74) is 0. The summed E-state index contributed by atoms with van der Waals surface area (Å²) in [5, 5.41) is 4.37. The Bertz CT molecular complexity index is 130. The molecular formula is C10H19NS. The van der Waals surface area contributed by atoms with Crippen molar-refractivity contribution in [3.05, 3.63) is 12.7 Å². The summed E-state index contributed by atoms with van der Waals surface area (Å²) in [4.78, 5) is 0. The highest BCUT2D eigenvalue weighted by Gasteiger charge is 2.23. The van der Waals surface area contributed by atoms with Crippen molar-refractivity contribution in [3.63, 3.8) is 0 Å². The van der Waals surface area contributed by atoms with Crippen LogP contribution in [0.5, 0.6) is 0 Å². The van der Waals surface area contributed by atoms with Crippen LogP contribution in [0.3, 0.4) is 0 Å². The number of hydrogen-bond donors (Lipinski definition) is 1. The lowest BCUT2D eigenvalue weighted by Crippen LogP contribution is -2.36. The first-order valence-corrected chi connectivity index (χ1v) is 5.89. The smallest absolute Gasteiger partial charge is 0.0220 e. The van der Waals surface area contributed by atoms with Crippen molar-refractivity contribution in [3.8, 4) is 0 Å². The van der Waals surface area contributed by atoms with Gasteiger partial charge in [-0.15, -0.1) is 6.58 Å². The highest BCUT2D eigenvalue weighted by Crippen LogP contribution is 2.29. The normalized spacial score (nSPS) is 25.6. The van der Waals surface area contributed by atoms with Crippen molar-refractivity contribution in [1.82, 2.24) is 5.32 Å². The first kappa shape index (κ1) is 10.1. The topological polar surface area (TPSA) is 12.0 Å². The third-order valence-electron chi connectivity index (χ3n) is 2.30. The summed E-state index contributed by atoms with van der Waals surface area (Å²) in [6, 6.07) is 0.667. The van der Waals surface area contributed by atoms with Crippen LogP contribution < -0.4 is 5.32 Å². The van der Waals surface area contributed by atoms with Gasteiger partial charge in [-0.2, -0.15) is 11.8 Å². The first-order chi connectivity index (χ1) is 5.88. The van der Waals surface area contributed by atoms with Gasteiger partial charge in [0, 0.05) is 11.3 Å². The van der Waals surface area contributed by atoms with E-state index in [-0.39, 0.29) is 0 Å². The van der Waals surface area contributed by atoms with Crippen molar-refractivity contribution in [2.24, 2.45) is 0 Å². The largest absolute Gasteiger partial charge is 0.313 e. The SMILES string of the molecule is C=CCC(NCC)C1CCCS1. The summed E-state index contributed by atoms with van der Waals surface area (Å²) in [7, 11) is 0. The molecular weight excluding hydrogens is 166 g/mol. The highest BCUT2D eigenvalue weighted by molar-refractivity contribution is 8.00. The second-order valence-corrected chi connectivity index (χ2v) is 4.59. The Kier molecular flexibility index (Phi) is 4.77. The second-order valence-electron chi connectivity index (χ2n) is 3.24. The van der Waals surface area contributed by atoms with Crippen LogP contribution in [0, 0.1) is 0 Å². The second kappa shape index (κ2) is 5.65. The summed E-state index contributed by atoms with van der Waals surface area (Å²) in [6.07, 6.45) is 5.93. The predicted octanol–water partition coefficient (Wildman–Crippen LogP) is 2.44. The molecule has 0 spiro atoms. The molecule has 0 aromatic carbocycles. The molecule has 1 N–H and O–H groups in total. The van der Waals surface area contributed by atoms with Crippen LogP contribution in [-0.2, 0) is 0 Å². The predicted molar refractivity (Wildman–Crippen MR) is 57.8 cm³/mol. The fourth-order valence-corrected chi connectivity index (χ4v) is 3.14. The zero-order valence-electron chi connectivity index (χ0n) is 7.88.